The topological polar surface area (TPSA) is 64.2 Å². The fourth-order valence-corrected chi connectivity index (χ4v) is 3.09. The van der Waals surface area contributed by atoms with Crippen LogP contribution < -0.4 is 5.73 Å². The Morgan fingerprint density at radius 2 is 2.14 bits per heavy atom. The lowest BCUT2D eigenvalue weighted by atomic mass is 9.99. The summed E-state index contributed by atoms with van der Waals surface area (Å²) in [5.41, 5.74) is 7.14. The number of nitrogens with two attached hydrogens (primary N) is 1. The Morgan fingerprint density at radius 1 is 1.36 bits per heavy atom. The van der Waals surface area contributed by atoms with E-state index < -0.39 is 0 Å². The first kappa shape index (κ1) is 15.1. The predicted molar refractivity (Wildman–Crippen MR) is 86.3 cm³/mol. The highest BCUT2D eigenvalue weighted by atomic mass is 35.5. The predicted octanol–water partition coefficient (Wildman–Crippen LogP) is 2.48. The summed E-state index contributed by atoms with van der Waals surface area (Å²) in [6.07, 6.45) is 3.42. The molecule has 1 fully saturated rings. The first-order valence-corrected chi connectivity index (χ1v) is 7.81. The van der Waals surface area contributed by atoms with E-state index in [1.807, 2.05) is 30.0 Å². The van der Waals surface area contributed by atoms with Crippen molar-refractivity contribution in [3.05, 3.63) is 47.2 Å². The van der Waals surface area contributed by atoms with Gasteiger partial charge in [-0.1, -0.05) is 23.7 Å². The van der Waals surface area contributed by atoms with Gasteiger partial charge in [0, 0.05) is 24.8 Å². The van der Waals surface area contributed by atoms with Gasteiger partial charge in [0.05, 0.1) is 10.7 Å². The van der Waals surface area contributed by atoms with E-state index in [2.05, 4.69) is 5.10 Å². The Morgan fingerprint density at radius 3 is 2.86 bits per heavy atom. The normalized spacial score (nSPS) is 21.9. The molecule has 0 aliphatic carbocycles. The molecule has 6 heteroatoms. The van der Waals surface area contributed by atoms with E-state index in [0.29, 0.717) is 17.3 Å². The zero-order valence-electron chi connectivity index (χ0n) is 12.4. The van der Waals surface area contributed by atoms with Crippen LogP contribution in [0.5, 0.6) is 0 Å². The largest absolute Gasteiger partial charge is 0.334 e. The van der Waals surface area contributed by atoms with Gasteiger partial charge < -0.3 is 10.6 Å². The van der Waals surface area contributed by atoms with E-state index in [-0.39, 0.29) is 18.0 Å². The zero-order chi connectivity index (χ0) is 15.7. The molecule has 116 valence electrons. The summed E-state index contributed by atoms with van der Waals surface area (Å²) in [7, 11) is 0. The zero-order valence-corrected chi connectivity index (χ0v) is 13.2. The third-order valence-electron chi connectivity index (χ3n) is 4.09. The van der Waals surface area contributed by atoms with E-state index in [4.69, 9.17) is 17.3 Å². The summed E-state index contributed by atoms with van der Waals surface area (Å²) in [5, 5.41) is 4.98. The van der Waals surface area contributed by atoms with Gasteiger partial charge in [-0.2, -0.15) is 5.10 Å². The molecule has 1 aromatic carbocycles. The molecule has 2 aromatic rings. The number of piperidine rings is 1. The summed E-state index contributed by atoms with van der Waals surface area (Å²) in [6, 6.07) is 9.47. The van der Waals surface area contributed by atoms with Crippen molar-refractivity contribution in [1.82, 2.24) is 14.7 Å². The summed E-state index contributed by atoms with van der Waals surface area (Å²) >= 11 is 6.17. The third-order valence-corrected chi connectivity index (χ3v) is 4.40. The van der Waals surface area contributed by atoms with Crippen LogP contribution in [0.2, 0.25) is 5.02 Å². The Labute approximate surface area is 134 Å². The van der Waals surface area contributed by atoms with E-state index in [9.17, 15) is 4.79 Å². The van der Waals surface area contributed by atoms with Crippen molar-refractivity contribution in [2.24, 2.45) is 5.73 Å². The average Bonchev–Trinajstić information content (AvgIpc) is 2.97. The van der Waals surface area contributed by atoms with Crippen molar-refractivity contribution in [2.45, 2.75) is 31.8 Å². The highest BCUT2D eigenvalue weighted by Gasteiger charge is 2.28. The van der Waals surface area contributed by atoms with Crippen molar-refractivity contribution in [2.75, 3.05) is 6.54 Å². The van der Waals surface area contributed by atoms with Gasteiger partial charge in [-0.05, 0) is 38.0 Å². The lowest BCUT2D eigenvalue weighted by Gasteiger charge is -2.35. The second kappa shape index (κ2) is 6.10. The molecular weight excluding hydrogens is 300 g/mol. The fourth-order valence-electron chi connectivity index (χ4n) is 2.87. The molecule has 1 amide bonds. The average molecular weight is 319 g/mol. The Bertz CT molecular complexity index is 684. The third kappa shape index (κ3) is 2.87. The summed E-state index contributed by atoms with van der Waals surface area (Å²) in [6.45, 7) is 2.71. The number of rotatable bonds is 2. The number of likely N-dealkylation sites (tertiary alicyclic amines) is 1. The number of nitrogens with zero attached hydrogens (tertiary/aromatic N) is 3. The van der Waals surface area contributed by atoms with Crippen LogP contribution in [0.3, 0.4) is 0 Å². The molecule has 0 saturated carbocycles. The van der Waals surface area contributed by atoms with Gasteiger partial charge in [-0.15, -0.1) is 0 Å². The van der Waals surface area contributed by atoms with Gasteiger partial charge in [0.2, 0.25) is 0 Å². The Kier molecular flexibility index (Phi) is 4.18. The number of amides is 1. The van der Waals surface area contributed by atoms with Crippen LogP contribution in [0.25, 0.3) is 5.69 Å². The molecule has 0 spiro atoms. The SMILES string of the molecule is C[C@@H]1C[C@H](N)CCN1C(=O)c1ccn(-c2ccccc2Cl)n1. The molecule has 22 heavy (non-hydrogen) atoms. The number of hydrogen-bond donors (Lipinski definition) is 1. The minimum Gasteiger partial charge on any atom is -0.334 e. The number of aromatic nitrogens is 2. The maximum Gasteiger partial charge on any atom is 0.274 e. The van der Waals surface area contributed by atoms with Crippen LogP contribution >= 0.6 is 11.6 Å². The monoisotopic (exact) mass is 318 g/mol. The van der Waals surface area contributed by atoms with Crippen LogP contribution in [-0.4, -0.2) is 39.2 Å². The first-order valence-electron chi connectivity index (χ1n) is 7.43. The van der Waals surface area contributed by atoms with Gasteiger partial charge in [-0.25, -0.2) is 4.68 Å². The smallest absolute Gasteiger partial charge is 0.274 e. The standard InChI is InChI=1S/C16H19ClN4O/c1-11-10-12(18)6-8-20(11)16(22)14-7-9-21(19-14)15-5-3-2-4-13(15)17/h2-5,7,9,11-12H,6,8,10,18H2,1H3/t11-,12-/m1/s1. The molecule has 2 atom stereocenters. The number of benzene rings is 1. The summed E-state index contributed by atoms with van der Waals surface area (Å²) < 4.78 is 1.63. The number of carbonyl (C=O) groups excluding carboxylic acids is 1. The van der Waals surface area contributed by atoms with Gasteiger partial charge in [-0.3, -0.25) is 4.79 Å². The first-order chi connectivity index (χ1) is 10.6. The lowest BCUT2D eigenvalue weighted by Crippen LogP contribution is -2.48. The quantitative estimate of drug-likeness (QED) is 0.925. The van der Waals surface area contributed by atoms with Crippen LogP contribution in [0.15, 0.2) is 36.5 Å². The lowest BCUT2D eigenvalue weighted by molar-refractivity contribution is 0.0612. The van der Waals surface area contributed by atoms with Crippen molar-refractivity contribution in [3.63, 3.8) is 0 Å². The van der Waals surface area contributed by atoms with E-state index >= 15 is 0 Å². The van der Waals surface area contributed by atoms with E-state index in [0.717, 1.165) is 18.5 Å². The molecule has 0 bridgehead atoms. The summed E-state index contributed by atoms with van der Waals surface area (Å²) in [4.78, 5) is 14.5. The highest BCUT2D eigenvalue weighted by molar-refractivity contribution is 6.32. The minimum absolute atomic E-state index is 0.0507. The number of carbonyl (C=O) groups is 1. The van der Waals surface area contributed by atoms with Gasteiger partial charge in [0.15, 0.2) is 5.69 Å². The van der Waals surface area contributed by atoms with E-state index in [1.54, 1.807) is 23.0 Å². The molecule has 1 aliphatic rings. The number of halogens is 1. The molecule has 5 nitrogen and oxygen atoms in total. The Hall–Kier alpha value is -1.85. The Balaban J connectivity index is 1.82. The van der Waals surface area contributed by atoms with Crippen LogP contribution in [0.4, 0.5) is 0 Å². The molecule has 2 heterocycles. The van der Waals surface area contributed by atoms with Crippen molar-refractivity contribution >= 4 is 17.5 Å². The molecule has 0 unspecified atom stereocenters. The summed E-state index contributed by atoms with van der Waals surface area (Å²) in [5.74, 6) is -0.0507. The van der Waals surface area contributed by atoms with Crippen LogP contribution in [0, 0.1) is 0 Å². The molecule has 0 radical (unpaired) electrons. The van der Waals surface area contributed by atoms with Crippen LogP contribution in [-0.2, 0) is 0 Å². The van der Waals surface area contributed by atoms with Crippen molar-refractivity contribution < 1.29 is 4.79 Å². The molecule has 1 aliphatic heterocycles. The second-order valence-electron chi connectivity index (χ2n) is 5.73. The van der Waals surface area contributed by atoms with Crippen molar-refractivity contribution in [1.29, 1.82) is 0 Å². The molecule has 2 N–H and O–H groups in total. The highest BCUT2D eigenvalue weighted by Crippen LogP contribution is 2.21. The maximum atomic E-state index is 12.6. The van der Waals surface area contributed by atoms with E-state index in [1.165, 1.54) is 0 Å². The molecule has 1 saturated heterocycles. The van der Waals surface area contributed by atoms with Crippen LogP contribution in [0.1, 0.15) is 30.3 Å². The van der Waals surface area contributed by atoms with Gasteiger partial charge in [0.25, 0.3) is 5.91 Å². The fraction of sp³-hybridized carbons (Fsp3) is 0.375. The number of hydrogen-bond acceptors (Lipinski definition) is 3. The second-order valence-corrected chi connectivity index (χ2v) is 6.14. The molecular formula is C16H19ClN4O. The number of para-hydroxylation sites is 1. The van der Waals surface area contributed by atoms with Gasteiger partial charge >= 0.3 is 0 Å². The maximum absolute atomic E-state index is 12.6. The van der Waals surface area contributed by atoms with Gasteiger partial charge in [0.1, 0.15) is 0 Å². The van der Waals surface area contributed by atoms with Crippen molar-refractivity contribution in [3.8, 4) is 5.69 Å². The minimum atomic E-state index is -0.0507. The molecule has 3 rings (SSSR count). The molecule has 1 aromatic heterocycles.